The number of piperidine rings is 1. The molecule has 0 radical (unpaired) electrons. The first-order valence-electron chi connectivity index (χ1n) is 5.47. The van der Waals surface area contributed by atoms with Crippen molar-refractivity contribution in [3.8, 4) is 0 Å². The molecule has 2 unspecified atom stereocenters. The molecule has 1 heterocycles. The standard InChI is InChI=1S/C10H21N3O/c1-3-13(4-2)8-6-5-7-12-9(8)10(11)14/h8-9,12H,3-7H2,1-2H3,(H2,11,14). The van der Waals surface area contributed by atoms with Gasteiger partial charge in [0.1, 0.15) is 6.04 Å². The normalized spacial score (nSPS) is 27.9. The summed E-state index contributed by atoms with van der Waals surface area (Å²) in [4.78, 5) is 13.5. The average molecular weight is 199 g/mol. The highest BCUT2D eigenvalue weighted by molar-refractivity contribution is 5.80. The van der Waals surface area contributed by atoms with Crippen LogP contribution >= 0.6 is 0 Å². The first kappa shape index (κ1) is 11.5. The van der Waals surface area contributed by atoms with Crippen molar-refractivity contribution in [3.05, 3.63) is 0 Å². The van der Waals surface area contributed by atoms with Crippen LogP contribution in [0, 0.1) is 0 Å². The molecule has 0 aromatic rings. The molecule has 1 aliphatic heterocycles. The number of likely N-dealkylation sites (N-methyl/N-ethyl adjacent to an activating group) is 1. The first-order valence-corrected chi connectivity index (χ1v) is 5.47. The molecular formula is C10H21N3O. The summed E-state index contributed by atoms with van der Waals surface area (Å²) in [5.74, 6) is -0.221. The van der Waals surface area contributed by atoms with Gasteiger partial charge < -0.3 is 11.1 Å². The summed E-state index contributed by atoms with van der Waals surface area (Å²) < 4.78 is 0. The van der Waals surface area contributed by atoms with E-state index < -0.39 is 0 Å². The lowest BCUT2D eigenvalue weighted by molar-refractivity contribution is -0.122. The minimum Gasteiger partial charge on any atom is -0.368 e. The quantitative estimate of drug-likeness (QED) is 0.666. The summed E-state index contributed by atoms with van der Waals surface area (Å²) in [5.41, 5.74) is 5.38. The van der Waals surface area contributed by atoms with Crippen molar-refractivity contribution >= 4 is 5.91 Å². The lowest BCUT2D eigenvalue weighted by Gasteiger charge is -2.38. The van der Waals surface area contributed by atoms with Gasteiger partial charge in [0.25, 0.3) is 0 Å². The van der Waals surface area contributed by atoms with E-state index in [1.807, 2.05) is 0 Å². The van der Waals surface area contributed by atoms with Crippen molar-refractivity contribution in [1.82, 2.24) is 10.2 Å². The van der Waals surface area contributed by atoms with E-state index in [-0.39, 0.29) is 18.0 Å². The zero-order valence-electron chi connectivity index (χ0n) is 9.12. The zero-order chi connectivity index (χ0) is 10.6. The Labute approximate surface area is 85.8 Å². The molecule has 1 amide bonds. The van der Waals surface area contributed by atoms with Gasteiger partial charge >= 0.3 is 0 Å². The monoisotopic (exact) mass is 199 g/mol. The van der Waals surface area contributed by atoms with Gasteiger partial charge in [-0.25, -0.2) is 0 Å². The predicted molar refractivity (Wildman–Crippen MR) is 56.9 cm³/mol. The van der Waals surface area contributed by atoms with Crippen LogP contribution < -0.4 is 11.1 Å². The van der Waals surface area contributed by atoms with E-state index in [9.17, 15) is 4.79 Å². The Hall–Kier alpha value is -0.610. The summed E-state index contributed by atoms with van der Waals surface area (Å²) in [5, 5.41) is 3.20. The van der Waals surface area contributed by atoms with E-state index in [4.69, 9.17) is 5.73 Å². The number of carbonyl (C=O) groups is 1. The summed E-state index contributed by atoms with van der Waals surface area (Å²) in [6.07, 6.45) is 2.20. The number of primary amides is 1. The van der Waals surface area contributed by atoms with Crippen molar-refractivity contribution in [2.45, 2.75) is 38.8 Å². The second kappa shape index (κ2) is 5.32. The molecule has 0 bridgehead atoms. The van der Waals surface area contributed by atoms with Crippen molar-refractivity contribution in [3.63, 3.8) is 0 Å². The van der Waals surface area contributed by atoms with E-state index in [0.717, 1.165) is 32.5 Å². The molecule has 3 N–H and O–H groups in total. The van der Waals surface area contributed by atoms with Crippen molar-refractivity contribution in [1.29, 1.82) is 0 Å². The van der Waals surface area contributed by atoms with Crippen molar-refractivity contribution in [2.75, 3.05) is 19.6 Å². The number of amides is 1. The lowest BCUT2D eigenvalue weighted by Crippen LogP contribution is -2.59. The van der Waals surface area contributed by atoms with Crippen LogP contribution in [0.4, 0.5) is 0 Å². The molecule has 1 aliphatic rings. The summed E-state index contributed by atoms with van der Waals surface area (Å²) >= 11 is 0. The Bertz CT molecular complexity index is 192. The summed E-state index contributed by atoms with van der Waals surface area (Å²) in [6, 6.07) is 0.125. The second-order valence-electron chi connectivity index (χ2n) is 3.76. The molecule has 0 aliphatic carbocycles. The van der Waals surface area contributed by atoms with Gasteiger partial charge in [-0.2, -0.15) is 0 Å². The number of nitrogens with two attached hydrogens (primary N) is 1. The van der Waals surface area contributed by atoms with Gasteiger partial charge in [-0.05, 0) is 32.5 Å². The fourth-order valence-corrected chi connectivity index (χ4v) is 2.25. The maximum absolute atomic E-state index is 11.2. The highest BCUT2D eigenvalue weighted by Crippen LogP contribution is 2.15. The molecule has 1 saturated heterocycles. The van der Waals surface area contributed by atoms with E-state index in [1.54, 1.807) is 0 Å². The van der Waals surface area contributed by atoms with Crippen LogP contribution in [0.5, 0.6) is 0 Å². The third-order valence-corrected chi connectivity index (χ3v) is 3.01. The fraction of sp³-hybridized carbons (Fsp3) is 0.900. The third kappa shape index (κ3) is 2.45. The van der Waals surface area contributed by atoms with Crippen LogP contribution in [0.25, 0.3) is 0 Å². The van der Waals surface area contributed by atoms with Crippen LogP contribution in [0.1, 0.15) is 26.7 Å². The predicted octanol–water partition coefficient (Wildman–Crippen LogP) is -0.0659. The van der Waals surface area contributed by atoms with Crippen LogP contribution in [-0.2, 0) is 4.79 Å². The number of nitrogens with one attached hydrogen (secondary N) is 1. The van der Waals surface area contributed by atoms with Gasteiger partial charge in [0.2, 0.25) is 5.91 Å². The van der Waals surface area contributed by atoms with Gasteiger partial charge in [-0.3, -0.25) is 9.69 Å². The Balaban J connectivity index is 2.65. The van der Waals surface area contributed by atoms with E-state index in [0.29, 0.717) is 0 Å². The second-order valence-corrected chi connectivity index (χ2v) is 3.76. The molecule has 0 saturated carbocycles. The number of rotatable bonds is 4. The molecule has 2 atom stereocenters. The number of hydrogen-bond donors (Lipinski definition) is 2. The molecule has 4 heteroatoms. The summed E-state index contributed by atoms with van der Waals surface area (Å²) in [6.45, 7) is 7.11. The van der Waals surface area contributed by atoms with E-state index in [2.05, 4.69) is 24.1 Å². The third-order valence-electron chi connectivity index (χ3n) is 3.01. The number of nitrogens with zero attached hydrogens (tertiary/aromatic N) is 1. The Morgan fingerprint density at radius 2 is 2.14 bits per heavy atom. The minimum atomic E-state index is -0.221. The van der Waals surface area contributed by atoms with Crippen molar-refractivity contribution in [2.24, 2.45) is 5.73 Å². The van der Waals surface area contributed by atoms with Crippen LogP contribution in [0.15, 0.2) is 0 Å². The highest BCUT2D eigenvalue weighted by Gasteiger charge is 2.31. The van der Waals surface area contributed by atoms with Gasteiger partial charge in [0.05, 0.1) is 0 Å². The molecule has 0 aromatic heterocycles. The molecule has 1 rings (SSSR count). The fourth-order valence-electron chi connectivity index (χ4n) is 2.25. The highest BCUT2D eigenvalue weighted by atomic mass is 16.1. The minimum absolute atomic E-state index is 0.163. The van der Waals surface area contributed by atoms with Crippen LogP contribution in [0.3, 0.4) is 0 Å². The molecular weight excluding hydrogens is 178 g/mol. The smallest absolute Gasteiger partial charge is 0.236 e. The molecule has 4 nitrogen and oxygen atoms in total. The average Bonchev–Trinajstić information content (AvgIpc) is 2.20. The number of carbonyl (C=O) groups excluding carboxylic acids is 1. The van der Waals surface area contributed by atoms with Gasteiger partial charge in [-0.15, -0.1) is 0 Å². The van der Waals surface area contributed by atoms with Gasteiger partial charge in [0, 0.05) is 6.04 Å². The molecule has 14 heavy (non-hydrogen) atoms. The number of hydrogen-bond acceptors (Lipinski definition) is 3. The van der Waals surface area contributed by atoms with Crippen LogP contribution in [0.2, 0.25) is 0 Å². The van der Waals surface area contributed by atoms with Crippen LogP contribution in [-0.4, -0.2) is 42.5 Å². The topological polar surface area (TPSA) is 58.4 Å². The Kier molecular flexibility index (Phi) is 4.35. The molecule has 1 fully saturated rings. The molecule has 82 valence electrons. The van der Waals surface area contributed by atoms with E-state index >= 15 is 0 Å². The zero-order valence-corrected chi connectivity index (χ0v) is 9.12. The van der Waals surface area contributed by atoms with E-state index in [1.165, 1.54) is 0 Å². The first-order chi connectivity index (χ1) is 6.70. The lowest BCUT2D eigenvalue weighted by atomic mass is 9.96. The largest absolute Gasteiger partial charge is 0.368 e. The maximum atomic E-state index is 11.2. The van der Waals surface area contributed by atoms with Crippen molar-refractivity contribution < 1.29 is 4.79 Å². The van der Waals surface area contributed by atoms with Gasteiger partial charge in [0.15, 0.2) is 0 Å². The molecule has 0 aromatic carbocycles. The van der Waals surface area contributed by atoms with Gasteiger partial charge in [-0.1, -0.05) is 13.8 Å². The SMILES string of the molecule is CCN(CC)C1CCCNC1C(N)=O. The maximum Gasteiger partial charge on any atom is 0.236 e. The summed E-state index contributed by atoms with van der Waals surface area (Å²) in [7, 11) is 0. The Morgan fingerprint density at radius 1 is 1.50 bits per heavy atom. The molecule has 0 spiro atoms. The Morgan fingerprint density at radius 3 is 2.64 bits per heavy atom.